The van der Waals surface area contributed by atoms with Gasteiger partial charge in [0.2, 0.25) is 11.8 Å². The number of halogens is 2. The molecular formula is C32H37F2N9O4S. The smallest absolute Gasteiger partial charge is 0.387 e. The number of fused-ring (bicyclic) bond motifs is 1. The summed E-state index contributed by atoms with van der Waals surface area (Å²) in [5.41, 5.74) is 1.12. The van der Waals surface area contributed by atoms with Gasteiger partial charge in [0, 0.05) is 62.3 Å². The van der Waals surface area contributed by atoms with E-state index >= 15 is 0 Å². The van der Waals surface area contributed by atoms with Crippen LogP contribution in [0.5, 0.6) is 5.75 Å². The maximum absolute atomic E-state index is 13.5. The van der Waals surface area contributed by atoms with Gasteiger partial charge < -0.3 is 19.9 Å². The summed E-state index contributed by atoms with van der Waals surface area (Å²) in [6.07, 6.45) is 11.3. The van der Waals surface area contributed by atoms with Crippen molar-refractivity contribution in [3.63, 3.8) is 0 Å². The molecule has 3 aromatic heterocycles. The van der Waals surface area contributed by atoms with Crippen LogP contribution in [0, 0.1) is 0 Å². The number of carbonyl (C=O) groups excluding carboxylic acids is 3. The normalized spacial score (nSPS) is 17.3. The highest BCUT2D eigenvalue weighted by Crippen LogP contribution is 2.38. The molecule has 2 aliphatic rings. The number of alkyl halides is 2. The number of hydrogen-bond donors (Lipinski definition) is 1. The molecule has 48 heavy (non-hydrogen) atoms. The van der Waals surface area contributed by atoms with Gasteiger partial charge in [-0.25, -0.2) is 9.50 Å². The fraction of sp³-hybridized carbons (Fsp3) is 0.438. The molecule has 0 aliphatic carbocycles. The van der Waals surface area contributed by atoms with Crippen molar-refractivity contribution in [3.05, 3.63) is 54.6 Å². The lowest BCUT2D eigenvalue weighted by Crippen LogP contribution is -2.52. The van der Waals surface area contributed by atoms with E-state index in [9.17, 15) is 23.2 Å². The lowest BCUT2D eigenvalue weighted by atomic mass is 10.0. The zero-order valence-electron chi connectivity index (χ0n) is 26.9. The third-order valence-corrected chi connectivity index (χ3v) is 9.52. The molecule has 0 radical (unpaired) electrons. The van der Waals surface area contributed by atoms with Crippen LogP contribution in [0.1, 0.15) is 36.0 Å². The molecule has 0 spiro atoms. The molecule has 16 heteroatoms. The molecule has 1 aromatic carbocycles. The second-order valence-corrected chi connectivity index (χ2v) is 12.8. The summed E-state index contributed by atoms with van der Waals surface area (Å²) in [5, 5.41) is 11.6. The molecule has 0 unspecified atom stereocenters. The highest BCUT2D eigenvalue weighted by molar-refractivity contribution is 7.98. The molecule has 254 valence electrons. The highest BCUT2D eigenvalue weighted by Gasteiger charge is 2.38. The Bertz CT molecular complexity index is 1800. The van der Waals surface area contributed by atoms with E-state index in [0.717, 1.165) is 37.1 Å². The molecule has 2 fully saturated rings. The van der Waals surface area contributed by atoms with Crippen molar-refractivity contribution in [2.45, 2.75) is 55.8 Å². The maximum Gasteiger partial charge on any atom is 0.387 e. The Morgan fingerprint density at radius 3 is 2.67 bits per heavy atom. The number of anilines is 1. The van der Waals surface area contributed by atoms with Gasteiger partial charge in [0.05, 0.1) is 17.9 Å². The third kappa shape index (κ3) is 6.99. The van der Waals surface area contributed by atoms with E-state index in [1.807, 2.05) is 6.26 Å². The van der Waals surface area contributed by atoms with Crippen LogP contribution in [-0.2, 0) is 16.1 Å². The van der Waals surface area contributed by atoms with Crippen LogP contribution in [0.2, 0.25) is 0 Å². The summed E-state index contributed by atoms with van der Waals surface area (Å²) in [5.74, 6) is -0.714. The summed E-state index contributed by atoms with van der Waals surface area (Å²) in [6, 6.07) is 6.51. The minimum absolute atomic E-state index is 0.117. The predicted molar refractivity (Wildman–Crippen MR) is 175 cm³/mol. The number of rotatable bonds is 10. The van der Waals surface area contributed by atoms with E-state index in [-0.39, 0.29) is 58.7 Å². The van der Waals surface area contributed by atoms with Crippen molar-refractivity contribution in [2.75, 3.05) is 45.3 Å². The van der Waals surface area contributed by atoms with Crippen LogP contribution in [-0.4, -0.2) is 115 Å². The van der Waals surface area contributed by atoms with Crippen LogP contribution in [0.15, 0.2) is 53.9 Å². The van der Waals surface area contributed by atoms with E-state index in [0.29, 0.717) is 18.7 Å². The number of piperidine rings is 1. The first-order valence-corrected chi connectivity index (χ1v) is 16.9. The average Bonchev–Trinajstić information content (AvgIpc) is 3.83. The molecule has 0 bridgehead atoms. The first-order chi connectivity index (χ1) is 23.1. The van der Waals surface area contributed by atoms with Gasteiger partial charge in [-0.15, -0.1) is 11.8 Å². The number of carbonyl (C=O) groups is 3. The van der Waals surface area contributed by atoms with Gasteiger partial charge in [-0.3, -0.25) is 24.0 Å². The van der Waals surface area contributed by atoms with Gasteiger partial charge in [0.25, 0.3) is 5.91 Å². The molecule has 3 amide bonds. The largest absolute Gasteiger partial charge is 0.434 e. The Kier molecular flexibility index (Phi) is 9.91. The van der Waals surface area contributed by atoms with Gasteiger partial charge in [-0.1, -0.05) is 0 Å². The van der Waals surface area contributed by atoms with Gasteiger partial charge in [-0.05, 0) is 62.7 Å². The SMILES string of the molecule is CSc1ccc(OC(F)F)c(-c2nn(CC(=O)N3CCC(N4CCC[C@H]4C(=O)N(C)C)CC3)cc2NC(=O)c2cnn3cccnc23)c1. The maximum atomic E-state index is 13.5. The molecule has 13 nitrogen and oxygen atoms in total. The van der Waals surface area contributed by atoms with Crippen LogP contribution in [0.25, 0.3) is 16.9 Å². The molecule has 1 N–H and O–H groups in total. The zero-order chi connectivity index (χ0) is 33.9. The first kappa shape index (κ1) is 33.3. The van der Waals surface area contributed by atoms with E-state index in [2.05, 4.69) is 25.4 Å². The number of ether oxygens (including phenoxy) is 1. The number of nitrogens with one attached hydrogen (secondary N) is 1. The highest BCUT2D eigenvalue weighted by atomic mass is 32.2. The fourth-order valence-corrected chi connectivity index (χ4v) is 6.90. The number of likely N-dealkylation sites (N-methyl/N-ethyl adjacent to an activating group) is 1. The second-order valence-electron chi connectivity index (χ2n) is 12.0. The quantitative estimate of drug-likeness (QED) is 0.249. The standard InChI is InChI=1S/C32H37F2N9O4S/c1-39(2)31(46)25-6-4-12-42(25)20-9-14-40(15-10-20)27(44)19-41-18-24(37-30(45)23-17-36-43-13-5-11-35-29(23)43)28(38-41)22-16-21(48-3)7-8-26(22)47-32(33)34/h5,7-8,11,13,16-18,20,25,32H,4,6,9-10,12,14-15,19H2,1-3H3,(H,37,45)/t25-/m0/s1. The van der Waals surface area contributed by atoms with Crippen LogP contribution >= 0.6 is 11.8 Å². The van der Waals surface area contributed by atoms with Gasteiger partial charge >= 0.3 is 6.61 Å². The lowest BCUT2D eigenvalue weighted by Gasteiger charge is -2.39. The van der Waals surface area contributed by atoms with E-state index < -0.39 is 12.5 Å². The van der Waals surface area contributed by atoms with Gasteiger partial charge in [-0.2, -0.15) is 19.0 Å². The number of amides is 3. The number of nitrogens with zero attached hydrogens (tertiary/aromatic N) is 8. The molecule has 0 saturated carbocycles. The number of thioether (sulfide) groups is 1. The monoisotopic (exact) mass is 681 g/mol. The summed E-state index contributed by atoms with van der Waals surface area (Å²) >= 11 is 1.40. The predicted octanol–water partition coefficient (Wildman–Crippen LogP) is 3.71. The summed E-state index contributed by atoms with van der Waals surface area (Å²) in [7, 11) is 3.56. The minimum atomic E-state index is -3.09. The number of likely N-dealkylation sites (tertiary alicyclic amines) is 2. The van der Waals surface area contributed by atoms with E-state index in [1.165, 1.54) is 39.4 Å². The number of hydrogen-bond acceptors (Lipinski definition) is 9. The van der Waals surface area contributed by atoms with Gasteiger partial charge in [0.15, 0.2) is 5.65 Å². The van der Waals surface area contributed by atoms with Gasteiger partial charge in [0.1, 0.15) is 23.6 Å². The Balaban J connectivity index is 1.23. The zero-order valence-corrected chi connectivity index (χ0v) is 27.7. The molecule has 1 atom stereocenters. The lowest BCUT2D eigenvalue weighted by molar-refractivity contribution is -0.137. The molecule has 4 aromatic rings. The third-order valence-electron chi connectivity index (χ3n) is 8.80. The molecule has 5 heterocycles. The average molecular weight is 682 g/mol. The van der Waals surface area contributed by atoms with Crippen molar-refractivity contribution >= 4 is 40.8 Å². The second kappa shape index (κ2) is 14.3. The van der Waals surface area contributed by atoms with Crippen LogP contribution < -0.4 is 10.1 Å². The number of aromatic nitrogens is 5. The van der Waals surface area contributed by atoms with E-state index in [4.69, 9.17) is 4.74 Å². The van der Waals surface area contributed by atoms with Crippen LogP contribution in [0.4, 0.5) is 14.5 Å². The molecule has 2 aliphatic heterocycles. The number of benzene rings is 1. The Morgan fingerprint density at radius 1 is 1.15 bits per heavy atom. The van der Waals surface area contributed by atoms with Crippen molar-refractivity contribution in [1.29, 1.82) is 0 Å². The fourth-order valence-electron chi connectivity index (χ4n) is 6.46. The van der Waals surface area contributed by atoms with Crippen molar-refractivity contribution in [2.24, 2.45) is 0 Å². The topological polar surface area (TPSA) is 130 Å². The summed E-state index contributed by atoms with van der Waals surface area (Å²) in [6.45, 7) is -1.29. The summed E-state index contributed by atoms with van der Waals surface area (Å²) < 4.78 is 34.6. The van der Waals surface area contributed by atoms with Crippen molar-refractivity contribution < 1.29 is 27.9 Å². The Hall–Kier alpha value is -4.57. The summed E-state index contributed by atoms with van der Waals surface area (Å²) in [4.78, 5) is 50.5. The van der Waals surface area contributed by atoms with Crippen molar-refractivity contribution in [3.8, 4) is 17.0 Å². The molecular weight excluding hydrogens is 644 g/mol. The minimum Gasteiger partial charge on any atom is -0.434 e. The Morgan fingerprint density at radius 2 is 1.94 bits per heavy atom. The van der Waals surface area contributed by atoms with E-state index in [1.54, 1.807) is 54.5 Å². The molecule has 6 rings (SSSR count). The van der Waals surface area contributed by atoms with Crippen molar-refractivity contribution in [1.82, 2.24) is 39.1 Å². The Labute approximate surface area is 280 Å². The molecule has 2 saturated heterocycles. The van der Waals surface area contributed by atoms with Crippen LogP contribution in [0.3, 0.4) is 0 Å². The first-order valence-electron chi connectivity index (χ1n) is 15.7.